The maximum absolute atomic E-state index is 13.8. The molecule has 1 fully saturated rings. The molecule has 1 saturated heterocycles. The van der Waals surface area contributed by atoms with Gasteiger partial charge in [-0.25, -0.2) is 9.18 Å². The summed E-state index contributed by atoms with van der Waals surface area (Å²) in [5.41, 5.74) is -0.0816. The summed E-state index contributed by atoms with van der Waals surface area (Å²) < 4.78 is 19.1. The van der Waals surface area contributed by atoms with Crippen LogP contribution in [0, 0.1) is 5.82 Å². The maximum atomic E-state index is 13.8. The van der Waals surface area contributed by atoms with Crippen LogP contribution in [0.25, 0.3) is 0 Å². The van der Waals surface area contributed by atoms with Crippen molar-refractivity contribution in [3.05, 3.63) is 29.6 Å². The Balaban J connectivity index is 2.05. The van der Waals surface area contributed by atoms with Gasteiger partial charge in [0.2, 0.25) is 0 Å². The minimum atomic E-state index is -0.536. The molecule has 0 aromatic heterocycles. The molecule has 1 aromatic rings. The van der Waals surface area contributed by atoms with E-state index < -0.39 is 5.60 Å². The number of hydrogen-bond donors (Lipinski definition) is 1. The second-order valence-corrected chi connectivity index (χ2v) is 6.12. The number of carbonyl (C=O) groups is 1. The molecule has 0 aliphatic carbocycles. The van der Waals surface area contributed by atoms with Crippen LogP contribution in [0.2, 0.25) is 0 Å². The first kappa shape index (κ1) is 14.6. The molecule has 1 aromatic carbocycles. The number of amides is 1. The number of rotatable bonds is 1. The number of halogens is 1. The van der Waals surface area contributed by atoms with Gasteiger partial charge in [-0.2, -0.15) is 0 Å². The van der Waals surface area contributed by atoms with Crippen LogP contribution in [0.4, 0.5) is 9.18 Å². The Hall–Kier alpha value is -1.78. The van der Waals surface area contributed by atoms with Crippen LogP contribution in [0.15, 0.2) is 18.2 Å². The van der Waals surface area contributed by atoms with E-state index in [-0.39, 0.29) is 23.6 Å². The van der Waals surface area contributed by atoms with Crippen LogP contribution in [0.5, 0.6) is 5.75 Å². The maximum Gasteiger partial charge on any atom is 0.410 e. The van der Waals surface area contributed by atoms with Gasteiger partial charge in [-0.05, 0) is 51.0 Å². The average Bonchev–Trinajstić information content (AvgIpc) is 2.79. The summed E-state index contributed by atoms with van der Waals surface area (Å²) in [5, 5.41) is 9.45. The van der Waals surface area contributed by atoms with E-state index in [2.05, 4.69) is 0 Å². The summed E-state index contributed by atoms with van der Waals surface area (Å²) in [5.74, 6) is -0.412. The molecule has 1 amide bonds. The quantitative estimate of drug-likeness (QED) is 0.859. The van der Waals surface area contributed by atoms with Crippen LogP contribution in [-0.4, -0.2) is 34.8 Å². The van der Waals surface area contributed by atoms with E-state index in [4.69, 9.17) is 4.74 Å². The molecule has 1 heterocycles. The van der Waals surface area contributed by atoms with Crippen LogP contribution < -0.4 is 0 Å². The first-order chi connectivity index (χ1) is 9.26. The number of aromatic hydroxyl groups is 1. The van der Waals surface area contributed by atoms with Crippen molar-refractivity contribution in [1.82, 2.24) is 4.90 Å². The molecule has 20 heavy (non-hydrogen) atoms. The zero-order valence-electron chi connectivity index (χ0n) is 12.0. The van der Waals surface area contributed by atoms with Gasteiger partial charge in [0.15, 0.2) is 0 Å². The highest BCUT2D eigenvalue weighted by molar-refractivity contribution is 5.68. The Bertz CT molecular complexity index is 510. The Morgan fingerprint density at radius 1 is 1.45 bits per heavy atom. The van der Waals surface area contributed by atoms with Gasteiger partial charge >= 0.3 is 6.09 Å². The molecular weight excluding hydrogens is 261 g/mol. The average molecular weight is 281 g/mol. The van der Waals surface area contributed by atoms with Gasteiger partial charge in [0, 0.05) is 19.0 Å². The van der Waals surface area contributed by atoms with Crippen LogP contribution in [-0.2, 0) is 4.74 Å². The van der Waals surface area contributed by atoms with Crippen molar-refractivity contribution < 1.29 is 19.0 Å². The molecule has 0 bridgehead atoms. The number of ether oxygens (including phenoxy) is 1. The van der Waals surface area contributed by atoms with Crippen molar-refractivity contribution in [2.75, 3.05) is 13.1 Å². The predicted molar refractivity (Wildman–Crippen MR) is 73.2 cm³/mol. The van der Waals surface area contributed by atoms with Gasteiger partial charge in [-0.15, -0.1) is 0 Å². The SMILES string of the molecule is CC(C)(C)OC(=O)N1CCC(c2cc(O)ccc2F)C1. The second-order valence-electron chi connectivity index (χ2n) is 6.12. The lowest BCUT2D eigenvalue weighted by atomic mass is 9.98. The number of likely N-dealkylation sites (tertiary alicyclic amines) is 1. The van der Waals surface area contributed by atoms with E-state index in [1.807, 2.05) is 20.8 Å². The summed E-state index contributed by atoms with van der Waals surface area (Å²) in [6, 6.07) is 4.00. The number of phenols is 1. The van der Waals surface area contributed by atoms with Crippen LogP contribution in [0.1, 0.15) is 38.7 Å². The zero-order valence-corrected chi connectivity index (χ0v) is 12.0. The molecule has 5 heteroatoms. The molecular formula is C15H20FNO3. The van der Waals surface area contributed by atoms with Crippen LogP contribution >= 0.6 is 0 Å². The summed E-state index contributed by atoms with van der Waals surface area (Å²) >= 11 is 0. The molecule has 1 N–H and O–H groups in total. The fraction of sp³-hybridized carbons (Fsp3) is 0.533. The first-order valence-corrected chi connectivity index (χ1v) is 6.72. The lowest BCUT2D eigenvalue weighted by Crippen LogP contribution is -2.35. The summed E-state index contributed by atoms with van der Waals surface area (Å²) in [6.45, 7) is 6.39. The van der Waals surface area contributed by atoms with E-state index in [0.717, 1.165) is 0 Å². The summed E-state index contributed by atoms with van der Waals surface area (Å²) in [6.07, 6.45) is 0.292. The third kappa shape index (κ3) is 3.40. The zero-order chi connectivity index (χ0) is 14.9. The summed E-state index contributed by atoms with van der Waals surface area (Å²) in [4.78, 5) is 13.5. The highest BCUT2D eigenvalue weighted by atomic mass is 19.1. The predicted octanol–water partition coefficient (Wildman–Crippen LogP) is 3.26. The summed E-state index contributed by atoms with van der Waals surface area (Å²) in [7, 11) is 0. The largest absolute Gasteiger partial charge is 0.508 e. The van der Waals surface area contributed by atoms with Gasteiger partial charge in [0.1, 0.15) is 17.2 Å². The van der Waals surface area contributed by atoms with Gasteiger partial charge in [-0.1, -0.05) is 0 Å². The monoisotopic (exact) mass is 281 g/mol. The smallest absolute Gasteiger partial charge is 0.410 e. The molecule has 2 rings (SSSR count). The fourth-order valence-electron chi connectivity index (χ4n) is 2.35. The van der Waals surface area contributed by atoms with Crippen molar-refractivity contribution >= 4 is 6.09 Å². The van der Waals surface area contributed by atoms with Crippen LogP contribution in [0.3, 0.4) is 0 Å². The third-order valence-corrected chi connectivity index (χ3v) is 3.26. The molecule has 0 saturated carbocycles. The molecule has 4 nitrogen and oxygen atoms in total. The van der Waals surface area contributed by atoms with Crippen molar-refractivity contribution in [3.63, 3.8) is 0 Å². The Labute approximate surface area is 118 Å². The Kier molecular flexibility index (Phi) is 3.88. The van der Waals surface area contributed by atoms with E-state index >= 15 is 0 Å². The van der Waals surface area contributed by atoms with Crippen molar-refractivity contribution in [2.24, 2.45) is 0 Å². The van der Waals surface area contributed by atoms with E-state index in [9.17, 15) is 14.3 Å². The number of hydrogen-bond acceptors (Lipinski definition) is 3. The van der Waals surface area contributed by atoms with E-state index in [1.165, 1.54) is 18.2 Å². The topological polar surface area (TPSA) is 49.8 Å². The molecule has 1 atom stereocenters. The highest BCUT2D eigenvalue weighted by Crippen LogP contribution is 2.31. The molecule has 1 aliphatic heterocycles. The number of phenolic OH excluding ortho intramolecular Hbond substituents is 1. The molecule has 110 valence electrons. The molecule has 1 unspecified atom stereocenters. The fourth-order valence-corrected chi connectivity index (χ4v) is 2.35. The minimum Gasteiger partial charge on any atom is -0.508 e. The number of carbonyl (C=O) groups excluding carboxylic acids is 1. The Morgan fingerprint density at radius 3 is 2.80 bits per heavy atom. The van der Waals surface area contributed by atoms with Crippen molar-refractivity contribution in [1.29, 1.82) is 0 Å². The van der Waals surface area contributed by atoms with Gasteiger partial charge in [0.25, 0.3) is 0 Å². The molecule has 0 spiro atoms. The lowest BCUT2D eigenvalue weighted by molar-refractivity contribution is 0.0292. The number of benzene rings is 1. The van der Waals surface area contributed by atoms with E-state index in [0.29, 0.717) is 25.1 Å². The van der Waals surface area contributed by atoms with E-state index in [1.54, 1.807) is 4.90 Å². The van der Waals surface area contributed by atoms with Gasteiger partial charge in [-0.3, -0.25) is 0 Å². The minimum absolute atomic E-state index is 0.0390. The normalized spacial score (nSPS) is 19.2. The molecule has 1 aliphatic rings. The Morgan fingerprint density at radius 2 is 2.15 bits per heavy atom. The standard InChI is InChI=1S/C15H20FNO3/c1-15(2,3)20-14(19)17-7-6-10(9-17)12-8-11(18)4-5-13(12)16/h4-5,8,10,18H,6-7,9H2,1-3H3. The highest BCUT2D eigenvalue weighted by Gasteiger charge is 2.31. The lowest BCUT2D eigenvalue weighted by Gasteiger charge is -2.24. The van der Waals surface area contributed by atoms with Gasteiger partial charge in [0.05, 0.1) is 0 Å². The number of nitrogens with zero attached hydrogens (tertiary/aromatic N) is 1. The van der Waals surface area contributed by atoms with Gasteiger partial charge < -0.3 is 14.7 Å². The molecule has 0 radical (unpaired) electrons. The second kappa shape index (κ2) is 5.31. The van der Waals surface area contributed by atoms with Crippen molar-refractivity contribution in [3.8, 4) is 5.75 Å². The van der Waals surface area contributed by atoms with Crippen molar-refractivity contribution in [2.45, 2.75) is 38.7 Å². The third-order valence-electron chi connectivity index (χ3n) is 3.26. The first-order valence-electron chi connectivity index (χ1n) is 6.72.